The zero-order valence-corrected chi connectivity index (χ0v) is 15.2. The topological polar surface area (TPSA) is 44.8 Å². The Kier molecular flexibility index (Phi) is 6.78. The highest BCUT2D eigenvalue weighted by Gasteiger charge is 2.48. The summed E-state index contributed by atoms with van der Waals surface area (Å²) in [5, 5.41) is 0. The van der Waals surface area contributed by atoms with Crippen LogP contribution >= 0.6 is 0 Å². The lowest BCUT2D eigenvalue weighted by atomic mass is 9.96. The van der Waals surface area contributed by atoms with E-state index in [0.29, 0.717) is 18.9 Å². The molecule has 0 aromatic heterocycles. The smallest absolute Gasteiger partial charge is 0.330 e. The molecule has 1 aliphatic rings. The highest BCUT2D eigenvalue weighted by molar-refractivity contribution is 5.82. The highest BCUT2D eigenvalue weighted by Crippen LogP contribution is 2.36. The molecule has 0 amide bonds. The summed E-state index contributed by atoms with van der Waals surface area (Å²) < 4.78 is 17.4. The van der Waals surface area contributed by atoms with E-state index in [4.69, 9.17) is 14.2 Å². The van der Waals surface area contributed by atoms with Crippen LogP contribution in [0.25, 0.3) is 0 Å². The van der Waals surface area contributed by atoms with Crippen LogP contribution in [0.15, 0.2) is 36.5 Å². The SMILES string of the molecule is C=C/C(C)=C/C[C@H](OC(=O)/C=C/C(C)C)[C@]1(C)COC(C)(C)O1. The number of rotatable bonds is 7. The van der Waals surface area contributed by atoms with Crippen LogP contribution in [0.3, 0.4) is 0 Å². The van der Waals surface area contributed by atoms with Gasteiger partial charge in [0.1, 0.15) is 11.7 Å². The summed E-state index contributed by atoms with van der Waals surface area (Å²) in [6.45, 7) is 15.7. The quantitative estimate of drug-likeness (QED) is 0.401. The molecule has 0 bridgehead atoms. The number of allylic oxidation sites excluding steroid dienone is 3. The van der Waals surface area contributed by atoms with Gasteiger partial charge in [-0.3, -0.25) is 0 Å². The Morgan fingerprint density at radius 3 is 2.48 bits per heavy atom. The number of carbonyl (C=O) groups excluding carboxylic acids is 1. The van der Waals surface area contributed by atoms with Crippen LogP contribution in [-0.4, -0.2) is 30.1 Å². The first-order valence-electron chi connectivity index (χ1n) is 8.10. The summed E-state index contributed by atoms with van der Waals surface area (Å²) in [4.78, 5) is 12.1. The first-order chi connectivity index (χ1) is 10.6. The molecular weight excluding hydrogens is 292 g/mol. The minimum absolute atomic E-state index is 0.296. The minimum Gasteiger partial charge on any atom is -0.456 e. The molecule has 1 heterocycles. The van der Waals surface area contributed by atoms with E-state index in [0.717, 1.165) is 5.57 Å². The molecule has 1 saturated heterocycles. The first-order valence-corrected chi connectivity index (χ1v) is 8.10. The molecule has 0 N–H and O–H groups in total. The fraction of sp³-hybridized carbons (Fsp3) is 0.632. The summed E-state index contributed by atoms with van der Waals surface area (Å²) in [5.41, 5.74) is 0.355. The summed E-state index contributed by atoms with van der Waals surface area (Å²) in [6.07, 6.45) is 7.19. The van der Waals surface area contributed by atoms with Gasteiger partial charge in [0, 0.05) is 12.5 Å². The van der Waals surface area contributed by atoms with Gasteiger partial charge in [0.2, 0.25) is 0 Å². The van der Waals surface area contributed by atoms with E-state index in [-0.39, 0.29) is 5.97 Å². The van der Waals surface area contributed by atoms with Crippen LogP contribution in [0, 0.1) is 5.92 Å². The van der Waals surface area contributed by atoms with Gasteiger partial charge in [-0.1, -0.05) is 44.2 Å². The van der Waals surface area contributed by atoms with Gasteiger partial charge >= 0.3 is 5.97 Å². The lowest BCUT2D eigenvalue weighted by Gasteiger charge is -2.32. The van der Waals surface area contributed by atoms with Crippen molar-refractivity contribution in [3.05, 3.63) is 36.5 Å². The van der Waals surface area contributed by atoms with Crippen molar-refractivity contribution in [2.24, 2.45) is 5.92 Å². The molecule has 0 spiro atoms. The predicted molar refractivity (Wildman–Crippen MR) is 92.0 cm³/mol. The molecule has 4 heteroatoms. The molecule has 2 atom stereocenters. The van der Waals surface area contributed by atoms with Crippen LogP contribution in [0.1, 0.15) is 48.0 Å². The van der Waals surface area contributed by atoms with Gasteiger partial charge in [-0.15, -0.1) is 0 Å². The number of carbonyl (C=O) groups is 1. The largest absolute Gasteiger partial charge is 0.456 e. The third-order valence-electron chi connectivity index (χ3n) is 3.72. The third-order valence-corrected chi connectivity index (χ3v) is 3.72. The summed E-state index contributed by atoms with van der Waals surface area (Å²) >= 11 is 0. The minimum atomic E-state index is -0.678. The molecule has 130 valence electrons. The molecule has 4 nitrogen and oxygen atoms in total. The zero-order chi connectivity index (χ0) is 17.7. The molecule has 0 aliphatic carbocycles. The maximum atomic E-state index is 12.1. The normalized spacial score (nSPS) is 25.8. The molecule has 0 aromatic rings. The first kappa shape index (κ1) is 19.7. The fourth-order valence-corrected chi connectivity index (χ4v) is 2.35. The Morgan fingerprint density at radius 2 is 2.00 bits per heavy atom. The molecule has 1 rings (SSSR count). The summed E-state index contributed by atoms with van der Waals surface area (Å²) in [7, 11) is 0. The Morgan fingerprint density at radius 1 is 1.35 bits per heavy atom. The van der Waals surface area contributed by atoms with Crippen LogP contribution in [0.5, 0.6) is 0 Å². The lowest BCUT2D eigenvalue weighted by Crippen LogP contribution is -2.45. The summed E-state index contributed by atoms with van der Waals surface area (Å²) in [5.74, 6) is -0.739. The van der Waals surface area contributed by atoms with E-state index in [1.54, 1.807) is 6.08 Å². The van der Waals surface area contributed by atoms with Crippen molar-refractivity contribution in [2.45, 2.75) is 65.5 Å². The van der Waals surface area contributed by atoms with Gasteiger partial charge in [0.05, 0.1) is 6.61 Å². The average Bonchev–Trinajstić information content (AvgIpc) is 2.75. The standard InChI is InChI=1S/C19H30O4/c1-8-15(4)10-11-16(22-17(20)12-9-14(2)3)19(7)13-21-18(5,6)23-19/h8-10,12,14,16H,1,11,13H2,2-7H3/b12-9+,15-10+/t16-,19-/m0/s1. The van der Waals surface area contributed by atoms with Gasteiger partial charge in [0.15, 0.2) is 5.79 Å². The van der Waals surface area contributed by atoms with Crippen molar-refractivity contribution >= 4 is 5.97 Å². The second-order valence-electron chi connectivity index (χ2n) is 7.02. The Labute approximate surface area is 140 Å². The predicted octanol–water partition coefficient (Wildman–Crippen LogP) is 4.17. The molecular formula is C19H30O4. The zero-order valence-electron chi connectivity index (χ0n) is 15.2. The molecule has 23 heavy (non-hydrogen) atoms. The molecule has 0 saturated carbocycles. The van der Waals surface area contributed by atoms with Crippen molar-refractivity contribution in [1.82, 2.24) is 0 Å². The van der Waals surface area contributed by atoms with Gasteiger partial charge in [-0.2, -0.15) is 0 Å². The second-order valence-corrected chi connectivity index (χ2v) is 7.02. The van der Waals surface area contributed by atoms with Crippen molar-refractivity contribution in [1.29, 1.82) is 0 Å². The van der Waals surface area contributed by atoms with Crippen LogP contribution in [-0.2, 0) is 19.0 Å². The van der Waals surface area contributed by atoms with Crippen molar-refractivity contribution in [2.75, 3.05) is 6.61 Å². The van der Waals surface area contributed by atoms with Gasteiger partial charge in [-0.05, 0) is 33.6 Å². The number of hydrogen-bond donors (Lipinski definition) is 0. The van der Waals surface area contributed by atoms with Crippen LogP contribution in [0.2, 0.25) is 0 Å². The third kappa shape index (κ3) is 6.32. The van der Waals surface area contributed by atoms with E-state index in [1.165, 1.54) is 6.08 Å². The number of hydrogen-bond acceptors (Lipinski definition) is 4. The molecule has 1 aliphatic heterocycles. The molecule has 1 fully saturated rings. The van der Waals surface area contributed by atoms with E-state index < -0.39 is 17.5 Å². The van der Waals surface area contributed by atoms with E-state index >= 15 is 0 Å². The van der Waals surface area contributed by atoms with E-state index in [9.17, 15) is 4.79 Å². The maximum absolute atomic E-state index is 12.1. The molecule has 0 radical (unpaired) electrons. The lowest BCUT2D eigenvalue weighted by molar-refractivity contribution is -0.190. The molecule has 0 aromatic carbocycles. The van der Waals surface area contributed by atoms with E-state index in [1.807, 2.05) is 53.7 Å². The van der Waals surface area contributed by atoms with Crippen molar-refractivity contribution in [3.63, 3.8) is 0 Å². The Bertz CT molecular complexity index is 488. The Balaban J connectivity index is 2.89. The van der Waals surface area contributed by atoms with Crippen molar-refractivity contribution < 1.29 is 19.0 Å². The highest BCUT2D eigenvalue weighted by atomic mass is 16.8. The van der Waals surface area contributed by atoms with Gasteiger partial charge < -0.3 is 14.2 Å². The van der Waals surface area contributed by atoms with Gasteiger partial charge in [-0.25, -0.2) is 4.79 Å². The van der Waals surface area contributed by atoms with Crippen molar-refractivity contribution in [3.8, 4) is 0 Å². The Hall–Kier alpha value is -1.39. The average molecular weight is 322 g/mol. The second kappa shape index (κ2) is 7.93. The maximum Gasteiger partial charge on any atom is 0.330 e. The fourth-order valence-electron chi connectivity index (χ4n) is 2.35. The van der Waals surface area contributed by atoms with E-state index in [2.05, 4.69) is 6.58 Å². The van der Waals surface area contributed by atoms with Gasteiger partial charge in [0.25, 0.3) is 0 Å². The summed E-state index contributed by atoms with van der Waals surface area (Å²) in [6, 6.07) is 0. The number of esters is 1. The monoisotopic (exact) mass is 322 g/mol. The van der Waals surface area contributed by atoms with Crippen LogP contribution < -0.4 is 0 Å². The molecule has 0 unspecified atom stereocenters. The number of ether oxygens (including phenoxy) is 3. The van der Waals surface area contributed by atoms with Crippen LogP contribution in [0.4, 0.5) is 0 Å².